The molecule has 1 fully saturated rings. The summed E-state index contributed by atoms with van der Waals surface area (Å²) >= 11 is 5.77. The van der Waals surface area contributed by atoms with Crippen LogP contribution in [-0.2, 0) is 19.4 Å². The molecular formula is C17H26Cl2N2O4S. The van der Waals surface area contributed by atoms with Gasteiger partial charge in [0, 0.05) is 30.0 Å². The van der Waals surface area contributed by atoms with Gasteiger partial charge in [-0.25, -0.2) is 8.42 Å². The van der Waals surface area contributed by atoms with Gasteiger partial charge in [0.25, 0.3) is 0 Å². The van der Waals surface area contributed by atoms with Crippen LogP contribution in [0.15, 0.2) is 29.2 Å². The largest absolute Gasteiger partial charge is 0.378 e. The van der Waals surface area contributed by atoms with E-state index in [4.69, 9.17) is 22.1 Å². The second-order valence-corrected chi connectivity index (χ2v) is 9.42. The summed E-state index contributed by atoms with van der Waals surface area (Å²) < 4.78 is 30.2. The zero-order chi connectivity index (χ0) is 18.9. The zero-order valence-corrected chi connectivity index (χ0v) is 17.5. The minimum Gasteiger partial charge on any atom is -0.378 e. The lowest BCUT2D eigenvalue weighted by Crippen LogP contribution is -2.75. The van der Waals surface area contributed by atoms with Crippen molar-refractivity contribution >= 4 is 39.8 Å². The summed E-state index contributed by atoms with van der Waals surface area (Å²) in [5.41, 5.74) is 4.70. The molecule has 9 heteroatoms. The number of carbonyl (C=O) groups excluding carboxylic acids is 1. The normalized spacial score (nSPS) is 24.3. The van der Waals surface area contributed by atoms with Gasteiger partial charge in [-0.1, -0.05) is 25.4 Å². The molecule has 26 heavy (non-hydrogen) atoms. The summed E-state index contributed by atoms with van der Waals surface area (Å²) in [6.07, 6.45) is 0.343. The van der Waals surface area contributed by atoms with Gasteiger partial charge >= 0.3 is 0 Å². The fourth-order valence-corrected chi connectivity index (χ4v) is 4.32. The van der Waals surface area contributed by atoms with Gasteiger partial charge in [0.05, 0.1) is 16.8 Å². The van der Waals surface area contributed by atoms with E-state index in [0.29, 0.717) is 18.1 Å². The Hall–Kier alpha value is -0.860. The highest BCUT2D eigenvalue weighted by atomic mass is 35.5. The first-order valence-electron chi connectivity index (χ1n) is 8.21. The van der Waals surface area contributed by atoms with Crippen LogP contribution in [0.2, 0.25) is 5.02 Å². The molecule has 0 aromatic heterocycles. The predicted octanol–water partition coefficient (Wildman–Crippen LogP) is 2.18. The Morgan fingerprint density at radius 2 is 1.92 bits per heavy atom. The van der Waals surface area contributed by atoms with E-state index in [1.54, 1.807) is 0 Å². The predicted molar refractivity (Wildman–Crippen MR) is 104 cm³/mol. The Morgan fingerprint density at radius 3 is 2.42 bits per heavy atom. The SMILES string of the molecule is CCOC1CC(N)(C(=O)NCCS(=O)(=O)c2ccc(Cl)cc2)C1(C)C.Cl. The average molecular weight is 425 g/mol. The van der Waals surface area contributed by atoms with Crippen molar-refractivity contribution in [2.75, 3.05) is 18.9 Å². The van der Waals surface area contributed by atoms with Gasteiger partial charge in [-0.3, -0.25) is 4.79 Å². The van der Waals surface area contributed by atoms with Crippen molar-refractivity contribution in [1.82, 2.24) is 5.32 Å². The lowest BCUT2D eigenvalue weighted by atomic mass is 9.54. The maximum atomic E-state index is 12.5. The molecule has 2 rings (SSSR count). The molecule has 2 unspecified atom stereocenters. The molecule has 1 aliphatic rings. The summed E-state index contributed by atoms with van der Waals surface area (Å²) in [4.78, 5) is 12.7. The fourth-order valence-electron chi connectivity index (χ4n) is 3.04. The molecule has 6 nitrogen and oxygen atoms in total. The van der Waals surface area contributed by atoms with Crippen LogP contribution in [0, 0.1) is 5.41 Å². The van der Waals surface area contributed by atoms with E-state index in [9.17, 15) is 13.2 Å². The molecule has 0 aliphatic heterocycles. The lowest BCUT2D eigenvalue weighted by Gasteiger charge is -2.57. The van der Waals surface area contributed by atoms with E-state index in [2.05, 4.69) is 5.32 Å². The van der Waals surface area contributed by atoms with E-state index in [-0.39, 0.29) is 41.6 Å². The Labute approximate surface area is 166 Å². The first-order valence-corrected chi connectivity index (χ1v) is 10.2. The number of ether oxygens (including phenoxy) is 1. The van der Waals surface area contributed by atoms with Gasteiger partial charge in [0.1, 0.15) is 5.54 Å². The van der Waals surface area contributed by atoms with E-state index in [1.807, 2.05) is 20.8 Å². The quantitative estimate of drug-likeness (QED) is 0.698. The number of amides is 1. The summed E-state index contributed by atoms with van der Waals surface area (Å²) in [6.45, 7) is 6.24. The van der Waals surface area contributed by atoms with Crippen molar-refractivity contribution < 1.29 is 17.9 Å². The number of rotatable bonds is 7. The molecule has 0 bridgehead atoms. The lowest BCUT2D eigenvalue weighted by molar-refractivity contribution is -0.170. The van der Waals surface area contributed by atoms with Gasteiger partial charge in [-0.05, 0) is 31.2 Å². The Bertz CT molecular complexity index is 738. The topological polar surface area (TPSA) is 98.5 Å². The van der Waals surface area contributed by atoms with Gasteiger partial charge in [0.15, 0.2) is 9.84 Å². The third kappa shape index (κ3) is 4.34. The van der Waals surface area contributed by atoms with Crippen molar-refractivity contribution in [3.8, 4) is 0 Å². The van der Waals surface area contributed by atoms with Crippen LogP contribution in [0.5, 0.6) is 0 Å². The van der Waals surface area contributed by atoms with E-state index < -0.39 is 20.8 Å². The van der Waals surface area contributed by atoms with Crippen LogP contribution >= 0.6 is 24.0 Å². The molecule has 1 amide bonds. The monoisotopic (exact) mass is 424 g/mol. The third-order valence-corrected chi connectivity index (χ3v) is 7.05. The van der Waals surface area contributed by atoms with E-state index in [0.717, 1.165) is 0 Å². The van der Waals surface area contributed by atoms with Crippen LogP contribution in [0.3, 0.4) is 0 Å². The second-order valence-electron chi connectivity index (χ2n) is 6.87. The number of hydrogen-bond acceptors (Lipinski definition) is 5. The maximum Gasteiger partial charge on any atom is 0.240 e. The van der Waals surface area contributed by atoms with Crippen LogP contribution in [-0.4, -0.2) is 44.9 Å². The molecular weight excluding hydrogens is 399 g/mol. The molecule has 0 radical (unpaired) electrons. The van der Waals surface area contributed by atoms with Crippen molar-refractivity contribution in [3.05, 3.63) is 29.3 Å². The molecule has 0 heterocycles. The second kappa shape index (κ2) is 8.44. The summed E-state index contributed by atoms with van der Waals surface area (Å²) in [6, 6.07) is 5.94. The van der Waals surface area contributed by atoms with Crippen LogP contribution in [0.1, 0.15) is 27.2 Å². The van der Waals surface area contributed by atoms with Gasteiger partial charge in [-0.15, -0.1) is 12.4 Å². The Morgan fingerprint density at radius 1 is 1.35 bits per heavy atom. The minimum atomic E-state index is -3.49. The van der Waals surface area contributed by atoms with E-state index in [1.165, 1.54) is 24.3 Å². The van der Waals surface area contributed by atoms with E-state index >= 15 is 0 Å². The first-order chi connectivity index (χ1) is 11.5. The van der Waals surface area contributed by atoms with Crippen LogP contribution in [0.4, 0.5) is 0 Å². The highest BCUT2D eigenvalue weighted by molar-refractivity contribution is 7.91. The highest BCUT2D eigenvalue weighted by Gasteiger charge is 2.62. The molecule has 1 saturated carbocycles. The zero-order valence-electron chi connectivity index (χ0n) is 15.1. The summed E-state index contributed by atoms with van der Waals surface area (Å²) in [7, 11) is -3.49. The maximum absolute atomic E-state index is 12.5. The van der Waals surface area contributed by atoms with Crippen molar-refractivity contribution in [2.24, 2.45) is 11.1 Å². The van der Waals surface area contributed by atoms with Crippen molar-refractivity contribution in [3.63, 3.8) is 0 Å². The molecule has 1 aliphatic carbocycles. The van der Waals surface area contributed by atoms with Crippen LogP contribution in [0.25, 0.3) is 0 Å². The standard InChI is InChI=1S/C17H25ClN2O4S.ClH/c1-4-24-14-11-17(19,16(14,2)3)15(21)20-9-10-25(22,23)13-7-5-12(18)6-8-13;/h5-8,14H,4,9-11,19H2,1-3H3,(H,20,21);1H. The number of benzene rings is 1. The summed E-state index contributed by atoms with van der Waals surface area (Å²) in [5.74, 6) is -0.550. The van der Waals surface area contributed by atoms with Crippen LogP contribution < -0.4 is 11.1 Å². The Kier molecular flexibility index (Phi) is 7.52. The van der Waals surface area contributed by atoms with Crippen molar-refractivity contribution in [2.45, 2.75) is 43.7 Å². The van der Waals surface area contributed by atoms with Gasteiger partial charge < -0.3 is 15.8 Å². The smallest absolute Gasteiger partial charge is 0.240 e. The molecule has 1 aromatic rings. The minimum absolute atomic E-state index is 0. The first kappa shape index (κ1) is 23.2. The fraction of sp³-hybridized carbons (Fsp3) is 0.588. The highest BCUT2D eigenvalue weighted by Crippen LogP contribution is 2.49. The molecule has 0 spiro atoms. The third-order valence-electron chi connectivity index (χ3n) is 5.06. The molecule has 1 aromatic carbocycles. The van der Waals surface area contributed by atoms with Crippen molar-refractivity contribution in [1.29, 1.82) is 0 Å². The van der Waals surface area contributed by atoms with Gasteiger partial charge in [0.2, 0.25) is 5.91 Å². The number of sulfone groups is 1. The molecule has 2 atom stereocenters. The molecule has 3 N–H and O–H groups in total. The summed E-state index contributed by atoms with van der Waals surface area (Å²) in [5, 5.41) is 3.12. The molecule has 148 valence electrons. The number of halogens is 2. The number of carbonyl (C=O) groups is 1. The number of nitrogens with two attached hydrogens (primary N) is 1. The number of hydrogen-bond donors (Lipinski definition) is 2. The average Bonchev–Trinajstić information content (AvgIpc) is 2.54. The molecule has 0 saturated heterocycles. The van der Waals surface area contributed by atoms with Gasteiger partial charge in [-0.2, -0.15) is 0 Å². The Balaban J connectivity index is 0.00000338. The number of nitrogens with one attached hydrogen (secondary N) is 1.